The number of Topliss-reactive ketones (excluding diaryl/α,β-unsaturated/α-hetero) is 1. The number of aryl methyl sites for hydroxylation is 1. The summed E-state index contributed by atoms with van der Waals surface area (Å²) in [6.45, 7) is 4.58. The summed E-state index contributed by atoms with van der Waals surface area (Å²) in [5.41, 5.74) is 1.37. The average molecular weight is 386 g/mol. The number of hydrogen-bond donors (Lipinski definition) is 1. The van der Waals surface area contributed by atoms with Gasteiger partial charge < -0.3 is 14.6 Å². The van der Waals surface area contributed by atoms with Crippen molar-refractivity contribution in [3.05, 3.63) is 47.0 Å². The van der Waals surface area contributed by atoms with Crippen LogP contribution in [0, 0.1) is 12.7 Å². The highest BCUT2D eigenvalue weighted by molar-refractivity contribution is 6.43. The third-order valence-corrected chi connectivity index (χ3v) is 4.86. The van der Waals surface area contributed by atoms with Gasteiger partial charge in [-0.05, 0) is 50.8 Å². The molecule has 7 heteroatoms. The number of benzene rings is 1. The van der Waals surface area contributed by atoms with Gasteiger partial charge in [0.05, 0.1) is 12.2 Å². The van der Waals surface area contributed by atoms with Gasteiger partial charge >= 0.3 is 5.97 Å². The number of amides is 1. The SMILES string of the molecule is CCOC(=O)c1c(C)[nH]c(C(=O)C(=O)N2CCCCC2)c1-c1ccc(F)cc1. The van der Waals surface area contributed by atoms with E-state index in [9.17, 15) is 18.8 Å². The molecule has 2 aromatic rings. The topological polar surface area (TPSA) is 79.5 Å². The number of nitrogens with one attached hydrogen (secondary N) is 1. The Hall–Kier alpha value is -2.96. The number of esters is 1. The van der Waals surface area contributed by atoms with E-state index in [0.717, 1.165) is 19.3 Å². The number of carbonyl (C=O) groups is 3. The van der Waals surface area contributed by atoms with Crippen LogP contribution in [0.15, 0.2) is 24.3 Å². The number of aromatic amines is 1. The van der Waals surface area contributed by atoms with Gasteiger partial charge in [0, 0.05) is 24.3 Å². The highest BCUT2D eigenvalue weighted by Gasteiger charge is 2.32. The molecule has 6 nitrogen and oxygen atoms in total. The van der Waals surface area contributed by atoms with E-state index in [1.807, 2.05) is 0 Å². The van der Waals surface area contributed by atoms with Crippen molar-refractivity contribution in [2.75, 3.05) is 19.7 Å². The van der Waals surface area contributed by atoms with Crippen molar-refractivity contribution in [2.24, 2.45) is 0 Å². The molecule has 0 saturated carbocycles. The number of H-pyrrole nitrogens is 1. The maximum atomic E-state index is 13.4. The lowest BCUT2D eigenvalue weighted by atomic mass is 9.98. The van der Waals surface area contributed by atoms with Crippen LogP contribution in [0.2, 0.25) is 0 Å². The standard InChI is InChI=1S/C21H23FN2O4/c1-3-28-21(27)16-13(2)23-18(17(16)14-7-9-15(22)10-8-14)19(25)20(26)24-11-5-4-6-12-24/h7-10,23H,3-6,11-12H2,1-2H3. The number of nitrogens with zero attached hydrogens (tertiary/aromatic N) is 1. The fourth-order valence-corrected chi connectivity index (χ4v) is 3.51. The number of aromatic nitrogens is 1. The maximum absolute atomic E-state index is 13.4. The molecule has 0 bridgehead atoms. The minimum atomic E-state index is -0.708. The van der Waals surface area contributed by atoms with Crippen LogP contribution >= 0.6 is 0 Å². The molecule has 148 valence electrons. The number of carbonyl (C=O) groups excluding carboxylic acids is 3. The predicted octanol–water partition coefficient (Wildman–Crippen LogP) is 3.50. The number of ether oxygens (including phenoxy) is 1. The van der Waals surface area contributed by atoms with Crippen molar-refractivity contribution >= 4 is 17.7 Å². The summed E-state index contributed by atoms with van der Waals surface area (Å²) >= 11 is 0. The minimum absolute atomic E-state index is 0.0303. The Morgan fingerprint density at radius 2 is 1.75 bits per heavy atom. The van der Waals surface area contributed by atoms with Crippen LogP contribution < -0.4 is 0 Å². The summed E-state index contributed by atoms with van der Waals surface area (Å²) < 4.78 is 18.5. The average Bonchev–Trinajstić information content (AvgIpc) is 3.05. The quantitative estimate of drug-likeness (QED) is 0.485. The molecular weight excluding hydrogens is 363 g/mol. The molecule has 1 N–H and O–H groups in total. The molecule has 0 radical (unpaired) electrons. The first-order valence-corrected chi connectivity index (χ1v) is 9.43. The van der Waals surface area contributed by atoms with Crippen LogP contribution in [0.5, 0.6) is 0 Å². The van der Waals surface area contributed by atoms with Crippen LogP contribution in [0.1, 0.15) is 52.7 Å². The molecule has 2 heterocycles. The Morgan fingerprint density at radius 3 is 2.36 bits per heavy atom. The van der Waals surface area contributed by atoms with E-state index >= 15 is 0 Å². The summed E-state index contributed by atoms with van der Waals surface area (Å²) in [7, 11) is 0. The smallest absolute Gasteiger partial charge is 0.340 e. The first-order chi connectivity index (χ1) is 13.4. The zero-order valence-corrected chi connectivity index (χ0v) is 16.0. The van der Waals surface area contributed by atoms with Gasteiger partial charge in [-0.25, -0.2) is 9.18 Å². The zero-order chi connectivity index (χ0) is 20.3. The van der Waals surface area contributed by atoms with Gasteiger partial charge in [-0.2, -0.15) is 0 Å². The largest absolute Gasteiger partial charge is 0.462 e. The first-order valence-electron chi connectivity index (χ1n) is 9.43. The molecule has 1 saturated heterocycles. The molecule has 0 aliphatic carbocycles. The van der Waals surface area contributed by atoms with E-state index in [1.54, 1.807) is 18.7 Å². The number of hydrogen-bond acceptors (Lipinski definition) is 4. The Kier molecular flexibility index (Phi) is 5.92. The van der Waals surface area contributed by atoms with Crippen molar-refractivity contribution in [2.45, 2.75) is 33.1 Å². The minimum Gasteiger partial charge on any atom is -0.462 e. The number of halogens is 1. The molecule has 0 spiro atoms. The van der Waals surface area contributed by atoms with E-state index in [2.05, 4.69) is 4.98 Å². The highest BCUT2D eigenvalue weighted by atomic mass is 19.1. The summed E-state index contributed by atoms with van der Waals surface area (Å²) in [5.74, 6) is -2.34. The molecule has 0 atom stereocenters. The normalized spacial score (nSPS) is 14.0. The molecule has 1 aliphatic heterocycles. The first kappa shape index (κ1) is 19.8. The molecule has 1 aliphatic rings. The van der Waals surface area contributed by atoms with Crippen LogP contribution in [0.3, 0.4) is 0 Å². The predicted molar refractivity (Wildman–Crippen MR) is 102 cm³/mol. The van der Waals surface area contributed by atoms with Gasteiger partial charge in [0.1, 0.15) is 11.5 Å². The third kappa shape index (κ3) is 3.83. The second-order valence-corrected chi connectivity index (χ2v) is 6.78. The van der Waals surface area contributed by atoms with E-state index in [-0.39, 0.29) is 23.4 Å². The summed E-state index contributed by atoms with van der Waals surface area (Å²) in [4.78, 5) is 42.7. The van der Waals surface area contributed by atoms with Crippen molar-refractivity contribution in [1.29, 1.82) is 0 Å². The van der Waals surface area contributed by atoms with E-state index in [4.69, 9.17) is 4.74 Å². The lowest BCUT2D eigenvalue weighted by Gasteiger charge is -2.25. The number of piperidine rings is 1. The van der Waals surface area contributed by atoms with Gasteiger partial charge in [-0.1, -0.05) is 12.1 Å². The van der Waals surface area contributed by atoms with Crippen LogP contribution in [0.25, 0.3) is 11.1 Å². The molecule has 3 rings (SSSR count). The Labute approximate surface area is 162 Å². The van der Waals surface area contributed by atoms with Gasteiger partial charge in [0.15, 0.2) is 0 Å². The van der Waals surface area contributed by atoms with Gasteiger partial charge in [0.2, 0.25) is 0 Å². The molecule has 0 unspecified atom stereocenters. The molecule has 1 amide bonds. The van der Waals surface area contributed by atoms with Crippen LogP contribution in [-0.4, -0.2) is 47.2 Å². The van der Waals surface area contributed by atoms with Crippen molar-refractivity contribution < 1.29 is 23.5 Å². The number of rotatable bonds is 5. The van der Waals surface area contributed by atoms with Gasteiger partial charge in [-0.15, -0.1) is 0 Å². The fourth-order valence-electron chi connectivity index (χ4n) is 3.51. The van der Waals surface area contributed by atoms with Crippen molar-refractivity contribution in [3.63, 3.8) is 0 Å². The second-order valence-electron chi connectivity index (χ2n) is 6.78. The van der Waals surface area contributed by atoms with E-state index in [0.29, 0.717) is 24.3 Å². The van der Waals surface area contributed by atoms with E-state index in [1.165, 1.54) is 24.3 Å². The molecule has 1 aromatic carbocycles. The Bertz CT molecular complexity index is 896. The van der Waals surface area contributed by atoms with Gasteiger partial charge in [0.25, 0.3) is 11.7 Å². The lowest BCUT2D eigenvalue weighted by Crippen LogP contribution is -2.40. The molecule has 28 heavy (non-hydrogen) atoms. The molecular formula is C21H23FN2O4. The van der Waals surface area contributed by atoms with Crippen molar-refractivity contribution in [1.82, 2.24) is 9.88 Å². The zero-order valence-electron chi connectivity index (χ0n) is 16.0. The van der Waals surface area contributed by atoms with Crippen LogP contribution in [0.4, 0.5) is 4.39 Å². The Balaban J connectivity index is 2.08. The summed E-state index contributed by atoms with van der Waals surface area (Å²) in [5, 5.41) is 0. The monoisotopic (exact) mass is 386 g/mol. The van der Waals surface area contributed by atoms with Crippen molar-refractivity contribution in [3.8, 4) is 11.1 Å². The molecule has 1 aromatic heterocycles. The Morgan fingerprint density at radius 1 is 1.11 bits per heavy atom. The third-order valence-electron chi connectivity index (χ3n) is 4.86. The number of ketones is 1. The lowest BCUT2D eigenvalue weighted by molar-refractivity contribution is -0.127. The summed E-state index contributed by atoms with van der Waals surface area (Å²) in [6, 6.07) is 5.44. The second kappa shape index (κ2) is 8.37. The maximum Gasteiger partial charge on any atom is 0.340 e. The highest BCUT2D eigenvalue weighted by Crippen LogP contribution is 2.32. The number of likely N-dealkylation sites (tertiary alicyclic amines) is 1. The fraction of sp³-hybridized carbons (Fsp3) is 0.381. The van der Waals surface area contributed by atoms with E-state index < -0.39 is 23.5 Å². The van der Waals surface area contributed by atoms with Crippen LogP contribution in [-0.2, 0) is 9.53 Å². The summed E-state index contributed by atoms with van der Waals surface area (Å²) in [6.07, 6.45) is 2.76. The molecule has 1 fully saturated rings. The van der Waals surface area contributed by atoms with Gasteiger partial charge in [-0.3, -0.25) is 9.59 Å².